The second kappa shape index (κ2) is 3.85. The fourth-order valence-electron chi connectivity index (χ4n) is 0.873. The van der Waals surface area contributed by atoms with Gasteiger partial charge in [-0.2, -0.15) is 0 Å². The average molecular weight is 220 g/mol. The number of aromatic hydroxyl groups is 1. The van der Waals surface area contributed by atoms with Gasteiger partial charge in [-0.15, -0.1) is 11.6 Å². The first-order valence-corrected chi connectivity index (χ1v) is 4.34. The van der Waals surface area contributed by atoms with Crippen LogP contribution in [0.1, 0.15) is 10.4 Å². The molecule has 0 aliphatic rings. The Morgan fingerprint density at radius 3 is 2.69 bits per heavy atom. The van der Waals surface area contributed by atoms with Gasteiger partial charge in [-0.25, -0.2) is 0 Å². The number of Topliss-reactive ketones (excluding diaryl/α,β-unsaturated/α-hetero) is 1. The SMILES string of the molecule is Nc1cc(O)c(C(=O)CCl)cc1Cl. The standard InChI is InChI=1S/C8H7Cl2NO2/c9-3-8(13)4-1-5(10)6(11)2-7(4)12/h1-2,12H,3,11H2. The molecule has 0 radical (unpaired) electrons. The van der Waals surface area contributed by atoms with Crippen LogP contribution in [0.25, 0.3) is 0 Å². The van der Waals surface area contributed by atoms with Crippen molar-refractivity contribution in [2.75, 3.05) is 11.6 Å². The molecule has 3 N–H and O–H groups in total. The van der Waals surface area contributed by atoms with Gasteiger partial charge >= 0.3 is 0 Å². The van der Waals surface area contributed by atoms with Crippen molar-refractivity contribution < 1.29 is 9.90 Å². The number of ketones is 1. The van der Waals surface area contributed by atoms with Gasteiger partial charge in [0.2, 0.25) is 0 Å². The van der Waals surface area contributed by atoms with Crippen LogP contribution in [0.4, 0.5) is 5.69 Å². The predicted octanol–water partition coefficient (Wildman–Crippen LogP) is 2.05. The Morgan fingerprint density at radius 1 is 1.54 bits per heavy atom. The van der Waals surface area contributed by atoms with Gasteiger partial charge in [-0.3, -0.25) is 4.79 Å². The summed E-state index contributed by atoms with van der Waals surface area (Å²) in [4.78, 5) is 11.1. The molecule has 0 bridgehead atoms. The summed E-state index contributed by atoms with van der Waals surface area (Å²) in [5, 5.41) is 9.53. The largest absolute Gasteiger partial charge is 0.507 e. The third-order valence-electron chi connectivity index (χ3n) is 1.54. The Balaban J connectivity index is 3.23. The lowest BCUT2D eigenvalue weighted by Gasteiger charge is -2.04. The minimum absolute atomic E-state index is 0.0919. The Bertz CT molecular complexity index is 352. The second-order valence-electron chi connectivity index (χ2n) is 2.45. The first kappa shape index (κ1) is 10.2. The molecule has 1 aromatic carbocycles. The molecular weight excluding hydrogens is 213 g/mol. The zero-order valence-electron chi connectivity index (χ0n) is 6.55. The molecular formula is C8H7Cl2NO2. The molecule has 0 saturated heterocycles. The normalized spacial score (nSPS) is 10.0. The summed E-state index contributed by atoms with van der Waals surface area (Å²) in [6, 6.07) is 2.53. The van der Waals surface area contributed by atoms with Crippen LogP contribution in [0.2, 0.25) is 5.02 Å². The predicted molar refractivity (Wildman–Crippen MR) is 52.6 cm³/mol. The maximum absolute atomic E-state index is 11.1. The zero-order chi connectivity index (χ0) is 10.0. The topological polar surface area (TPSA) is 63.3 Å². The number of rotatable bonds is 2. The Kier molecular flexibility index (Phi) is 3.01. The van der Waals surface area contributed by atoms with E-state index in [1.165, 1.54) is 12.1 Å². The maximum atomic E-state index is 11.1. The van der Waals surface area contributed by atoms with Crippen LogP contribution in [0.3, 0.4) is 0 Å². The number of halogens is 2. The molecule has 3 nitrogen and oxygen atoms in total. The lowest BCUT2D eigenvalue weighted by molar-refractivity contribution is 0.101. The van der Waals surface area contributed by atoms with Crippen LogP contribution in [-0.4, -0.2) is 16.8 Å². The molecule has 0 aromatic heterocycles. The molecule has 0 atom stereocenters. The van der Waals surface area contributed by atoms with Gasteiger partial charge in [0.1, 0.15) is 5.75 Å². The van der Waals surface area contributed by atoms with E-state index >= 15 is 0 Å². The third-order valence-corrected chi connectivity index (χ3v) is 2.11. The van der Waals surface area contributed by atoms with E-state index in [-0.39, 0.29) is 33.7 Å². The summed E-state index contributed by atoms with van der Waals surface area (Å²) in [5.74, 6) is -0.790. The number of anilines is 1. The van der Waals surface area contributed by atoms with E-state index in [0.29, 0.717) is 0 Å². The highest BCUT2D eigenvalue weighted by Crippen LogP contribution is 2.28. The van der Waals surface area contributed by atoms with Crippen LogP contribution in [0.5, 0.6) is 5.75 Å². The lowest BCUT2D eigenvalue weighted by Crippen LogP contribution is -2.01. The van der Waals surface area contributed by atoms with Crippen LogP contribution in [0, 0.1) is 0 Å². The van der Waals surface area contributed by atoms with Crippen molar-refractivity contribution in [3.8, 4) is 5.75 Å². The average Bonchev–Trinajstić information content (AvgIpc) is 2.10. The zero-order valence-corrected chi connectivity index (χ0v) is 8.06. The Labute approximate surface area is 85.1 Å². The summed E-state index contributed by atoms with van der Waals surface area (Å²) >= 11 is 11.0. The fourth-order valence-corrected chi connectivity index (χ4v) is 1.18. The van der Waals surface area contributed by atoms with E-state index in [4.69, 9.17) is 28.9 Å². The van der Waals surface area contributed by atoms with E-state index in [0.717, 1.165) is 0 Å². The van der Waals surface area contributed by atoms with E-state index in [1.54, 1.807) is 0 Å². The molecule has 0 heterocycles. The summed E-state index contributed by atoms with van der Waals surface area (Å²) in [7, 11) is 0. The molecule has 5 heteroatoms. The summed E-state index contributed by atoms with van der Waals surface area (Å²) in [5.41, 5.74) is 5.71. The minimum Gasteiger partial charge on any atom is -0.507 e. The van der Waals surface area contributed by atoms with Crippen LogP contribution in [-0.2, 0) is 0 Å². The summed E-state index contributed by atoms with van der Waals surface area (Å²) in [6.45, 7) is 0. The van der Waals surface area contributed by atoms with E-state index < -0.39 is 0 Å². The van der Waals surface area contributed by atoms with E-state index in [1.807, 2.05) is 0 Å². The maximum Gasteiger partial charge on any atom is 0.181 e. The van der Waals surface area contributed by atoms with Crippen molar-refractivity contribution in [2.24, 2.45) is 0 Å². The fraction of sp³-hybridized carbons (Fsp3) is 0.125. The minimum atomic E-state index is -0.388. The molecule has 0 saturated carbocycles. The number of phenols is 1. The lowest BCUT2D eigenvalue weighted by atomic mass is 10.1. The van der Waals surface area contributed by atoms with Crippen molar-refractivity contribution in [3.63, 3.8) is 0 Å². The number of carbonyl (C=O) groups is 1. The summed E-state index contributed by atoms with van der Waals surface area (Å²) < 4.78 is 0. The summed E-state index contributed by atoms with van der Waals surface area (Å²) in [6.07, 6.45) is 0. The van der Waals surface area contributed by atoms with Gasteiger partial charge in [0.15, 0.2) is 5.78 Å². The third kappa shape index (κ3) is 2.05. The molecule has 0 unspecified atom stereocenters. The number of phenolic OH excluding ortho intramolecular Hbond substituents is 1. The highest BCUT2D eigenvalue weighted by molar-refractivity contribution is 6.34. The molecule has 1 rings (SSSR count). The molecule has 1 aromatic rings. The van der Waals surface area contributed by atoms with Crippen LogP contribution >= 0.6 is 23.2 Å². The Hall–Kier alpha value is -0.930. The number of hydrogen-bond acceptors (Lipinski definition) is 3. The van der Waals surface area contributed by atoms with Crippen molar-refractivity contribution >= 4 is 34.7 Å². The smallest absolute Gasteiger partial charge is 0.181 e. The van der Waals surface area contributed by atoms with Gasteiger partial charge < -0.3 is 10.8 Å². The highest BCUT2D eigenvalue weighted by Gasteiger charge is 2.12. The van der Waals surface area contributed by atoms with Gasteiger partial charge in [-0.05, 0) is 6.07 Å². The quantitative estimate of drug-likeness (QED) is 0.455. The molecule has 0 spiro atoms. The number of hydrogen-bond donors (Lipinski definition) is 2. The van der Waals surface area contributed by atoms with Crippen LogP contribution < -0.4 is 5.73 Å². The van der Waals surface area contributed by atoms with Crippen molar-refractivity contribution in [3.05, 3.63) is 22.7 Å². The number of benzene rings is 1. The highest BCUT2D eigenvalue weighted by atomic mass is 35.5. The molecule has 70 valence electrons. The monoisotopic (exact) mass is 219 g/mol. The number of nitrogen functional groups attached to an aromatic ring is 1. The number of nitrogens with two attached hydrogens (primary N) is 1. The van der Waals surface area contributed by atoms with Crippen molar-refractivity contribution in [1.82, 2.24) is 0 Å². The van der Waals surface area contributed by atoms with Crippen molar-refractivity contribution in [2.45, 2.75) is 0 Å². The van der Waals surface area contributed by atoms with E-state index in [2.05, 4.69) is 0 Å². The molecule has 0 aliphatic heterocycles. The molecule has 13 heavy (non-hydrogen) atoms. The number of alkyl halides is 1. The molecule has 0 aliphatic carbocycles. The Morgan fingerprint density at radius 2 is 2.15 bits per heavy atom. The first-order chi connectivity index (χ1) is 6.06. The van der Waals surface area contributed by atoms with E-state index in [9.17, 15) is 9.90 Å². The molecule has 0 amide bonds. The number of carbonyl (C=O) groups excluding carboxylic acids is 1. The first-order valence-electron chi connectivity index (χ1n) is 3.43. The second-order valence-corrected chi connectivity index (χ2v) is 3.12. The van der Waals surface area contributed by atoms with Gasteiger partial charge in [0, 0.05) is 6.07 Å². The van der Waals surface area contributed by atoms with Crippen molar-refractivity contribution in [1.29, 1.82) is 0 Å². The molecule has 0 fully saturated rings. The van der Waals surface area contributed by atoms with Gasteiger partial charge in [-0.1, -0.05) is 11.6 Å². The van der Waals surface area contributed by atoms with Gasteiger partial charge in [0.05, 0.1) is 22.2 Å². The van der Waals surface area contributed by atoms with Crippen LogP contribution in [0.15, 0.2) is 12.1 Å². The van der Waals surface area contributed by atoms with Gasteiger partial charge in [0.25, 0.3) is 0 Å².